The van der Waals surface area contributed by atoms with Crippen LogP contribution in [0.5, 0.6) is 0 Å². The molecule has 3 aromatic rings. The van der Waals surface area contributed by atoms with E-state index in [-0.39, 0.29) is 10.7 Å². The van der Waals surface area contributed by atoms with Crippen molar-refractivity contribution in [2.75, 3.05) is 4.90 Å². The summed E-state index contributed by atoms with van der Waals surface area (Å²) >= 11 is 17.8. The van der Waals surface area contributed by atoms with Gasteiger partial charge in [0.1, 0.15) is 5.84 Å². The van der Waals surface area contributed by atoms with Gasteiger partial charge < -0.3 is 0 Å². The van der Waals surface area contributed by atoms with Crippen LogP contribution < -0.4 is 4.90 Å². The van der Waals surface area contributed by atoms with Crippen LogP contribution in [-0.4, -0.2) is 14.3 Å². The molecule has 0 N–H and O–H groups in total. The number of hydrogen-bond acceptors (Lipinski definition) is 2. The number of rotatable bonds is 4. The topological polar surface area (TPSA) is 49.7 Å². The average Bonchev–Trinajstić information content (AvgIpc) is 2.65. The summed E-state index contributed by atoms with van der Waals surface area (Å²) in [6.45, 7) is 1.62. The standard InChI is InChI=1S/C20H15Cl3N2O2S/c1-14(24-28(26,27)20-12-6-17(23)7-13-20)25(18-8-2-15(21)3-9-18)19-10-4-16(22)5-11-19/h2-13H,1H3/b24-14+. The minimum absolute atomic E-state index is 0.0587. The lowest BCUT2D eigenvalue weighted by Gasteiger charge is -2.24. The lowest BCUT2D eigenvalue weighted by atomic mass is 10.2. The van der Waals surface area contributed by atoms with Gasteiger partial charge >= 0.3 is 0 Å². The quantitative estimate of drug-likeness (QED) is 0.330. The van der Waals surface area contributed by atoms with E-state index in [9.17, 15) is 8.42 Å². The highest BCUT2D eigenvalue weighted by Gasteiger charge is 2.18. The third-order valence-corrected chi connectivity index (χ3v) is 5.99. The second-order valence-corrected chi connectivity index (χ2v) is 8.77. The average molecular weight is 454 g/mol. The molecule has 144 valence electrons. The van der Waals surface area contributed by atoms with Gasteiger partial charge in [-0.15, -0.1) is 4.40 Å². The number of halogens is 3. The molecule has 0 saturated heterocycles. The molecule has 3 rings (SSSR count). The van der Waals surface area contributed by atoms with Gasteiger partial charge in [-0.25, -0.2) is 0 Å². The Kier molecular flexibility index (Phi) is 6.30. The van der Waals surface area contributed by atoms with Gasteiger partial charge in [0, 0.05) is 26.4 Å². The first-order valence-corrected chi connectivity index (χ1v) is 10.7. The van der Waals surface area contributed by atoms with Gasteiger partial charge in [-0.3, -0.25) is 4.90 Å². The molecule has 0 aliphatic carbocycles. The Bertz CT molecular complexity index is 1050. The van der Waals surface area contributed by atoms with E-state index >= 15 is 0 Å². The summed E-state index contributed by atoms with van der Waals surface area (Å²) in [5.74, 6) is 0.264. The number of amidine groups is 1. The normalized spacial score (nSPS) is 12.1. The van der Waals surface area contributed by atoms with Crippen LogP contribution >= 0.6 is 34.8 Å². The Balaban J connectivity index is 2.08. The third kappa shape index (κ3) is 4.86. The molecular formula is C20H15Cl3N2O2S. The maximum absolute atomic E-state index is 12.7. The van der Waals surface area contributed by atoms with E-state index in [4.69, 9.17) is 34.8 Å². The SMILES string of the molecule is C/C(=N\S(=O)(=O)c1ccc(Cl)cc1)N(c1ccc(Cl)cc1)c1ccc(Cl)cc1. The van der Waals surface area contributed by atoms with Crippen LogP contribution in [-0.2, 0) is 10.0 Å². The molecule has 0 fully saturated rings. The summed E-state index contributed by atoms with van der Waals surface area (Å²) in [4.78, 5) is 1.77. The van der Waals surface area contributed by atoms with Gasteiger partial charge in [0.25, 0.3) is 10.0 Å². The number of anilines is 2. The van der Waals surface area contributed by atoms with Gasteiger partial charge in [0.2, 0.25) is 0 Å². The molecule has 0 bridgehead atoms. The molecule has 28 heavy (non-hydrogen) atoms. The maximum Gasteiger partial charge on any atom is 0.283 e. The van der Waals surface area contributed by atoms with Crippen LogP contribution in [0, 0.1) is 0 Å². The van der Waals surface area contributed by atoms with Crippen molar-refractivity contribution in [3.8, 4) is 0 Å². The summed E-state index contributed by atoms with van der Waals surface area (Å²) < 4.78 is 29.5. The first-order valence-electron chi connectivity index (χ1n) is 8.15. The Morgan fingerprint density at radius 3 is 1.46 bits per heavy atom. The van der Waals surface area contributed by atoms with Crippen molar-refractivity contribution in [2.45, 2.75) is 11.8 Å². The highest BCUT2D eigenvalue weighted by Crippen LogP contribution is 2.29. The molecule has 0 heterocycles. The number of nitrogens with zero attached hydrogens (tertiary/aromatic N) is 2. The fourth-order valence-electron chi connectivity index (χ4n) is 2.58. The van der Waals surface area contributed by atoms with Gasteiger partial charge in [0.05, 0.1) is 4.90 Å². The molecule has 0 aliphatic heterocycles. The van der Waals surface area contributed by atoms with Crippen LogP contribution in [0.4, 0.5) is 11.4 Å². The summed E-state index contributed by atoms with van der Waals surface area (Å²) in [6.07, 6.45) is 0. The minimum atomic E-state index is -3.92. The van der Waals surface area contributed by atoms with E-state index in [1.165, 1.54) is 24.3 Å². The van der Waals surface area contributed by atoms with E-state index in [1.54, 1.807) is 60.4 Å². The van der Waals surface area contributed by atoms with E-state index in [0.29, 0.717) is 26.4 Å². The first kappa shape index (κ1) is 20.7. The zero-order valence-electron chi connectivity index (χ0n) is 14.7. The van der Waals surface area contributed by atoms with Gasteiger partial charge in [0.15, 0.2) is 0 Å². The molecule has 0 amide bonds. The van der Waals surface area contributed by atoms with Crippen molar-refractivity contribution in [1.82, 2.24) is 0 Å². The summed E-state index contributed by atoms with van der Waals surface area (Å²) in [5.41, 5.74) is 1.42. The molecular weight excluding hydrogens is 439 g/mol. The van der Waals surface area contributed by atoms with Crippen molar-refractivity contribution in [3.05, 3.63) is 87.9 Å². The van der Waals surface area contributed by atoms with Gasteiger partial charge in [-0.2, -0.15) is 8.42 Å². The van der Waals surface area contributed by atoms with E-state index in [0.717, 1.165) is 0 Å². The van der Waals surface area contributed by atoms with Crippen molar-refractivity contribution < 1.29 is 8.42 Å². The second-order valence-electron chi connectivity index (χ2n) is 5.86. The molecule has 0 unspecified atom stereocenters. The molecule has 3 aromatic carbocycles. The Morgan fingerprint density at radius 1 is 0.714 bits per heavy atom. The van der Waals surface area contributed by atoms with Crippen molar-refractivity contribution in [2.24, 2.45) is 4.40 Å². The maximum atomic E-state index is 12.7. The third-order valence-electron chi connectivity index (χ3n) is 3.86. The largest absolute Gasteiger partial charge is 0.298 e. The fraction of sp³-hybridized carbons (Fsp3) is 0.0500. The number of benzene rings is 3. The van der Waals surface area contributed by atoms with E-state index in [1.807, 2.05) is 0 Å². The molecule has 0 aliphatic rings. The van der Waals surface area contributed by atoms with Crippen molar-refractivity contribution in [1.29, 1.82) is 0 Å². The summed E-state index contributed by atoms with van der Waals surface area (Å²) in [5, 5.41) is 1.59. The highest BCUT2D eigenvalue weighted by molar-refractivity contribution is 7.90. The Labute approximate surface area is 179 Å². The van der Waals surface area contributed by atoms with Crippen molar-refractivity contribution >= 4 is 62.0 Å². The predicted octanol–water partition coefficient (Wildman–Crippen LogP) is 6.59. The second kappa shape index (κ2) is 8.53. The molecule has 0 saturated carbocycles. The Morgan fingerprint density at radius 2 is 1.07 bits per heavy atom. The highest BCUT2D eigenvalue weighted by atomic mass is 35.5. The van der Waals surface area contributed by atoms with Crippen LogP contribution in [0.2, 0.25) is 15.1 Å². The lowest BCUT2D eigenvalue weighted by Crippen LogP contribution is -2.24. The molecule has 0 atom stereocenters. The van der Waals surface area contributed by atoms with Crippen LogP contribution in [0.1, 0.15) is 6.92 Å². The minimum Gasteiger partial charge on any atom is -0.298 e. The molecule has 0 radical (unpaired) electrons. The zero-order chi connectivity index (χ0) is 20.3. The summed E-state index contributed by atoms with van der Waals surface area (Å²) in [6, 6.07) is 19.9. The van der Waals surface area contributed by atoms with Crippen LogP contribution in [0.15, 0.2) is 82.1 Å². The fourth-order valence-corrected chi connectivity index (χ4v) is 3.97. The molecule has 4 nitrogen and oxygen atoms in total. The number of hydrogen-bond donors (Lipinski definition) is 0. The monoisotopic (exact) mass is 452 g/mol. The number of sulfonamides is 1. The zero-order valence-corrected chi connectivity index (χ0v) is 17.8. The molecule has 0 spiro atoms. The van der Waals surface area contributed by atoms with Gasteiger partial charge in [-0.05, 0) is 79.7 Å². The smallest absolute Gasteiger partial charge is 0.283 e. The van der Waals surface area contributed by atoms with Crippen LogP contribution in [0.25, 0.3) is 0 Å². The predicted molar refractivity (Wildman–Crippen MR) is 117 cm³/mol. The van der Waals surface area contributed by atoms with E-state index < -0.39 is 10.0 Å². The van der Waals surface area contributed by atoms with Crippen molar-refractivity contribution in [3.63, 3.8) is 0 Å². The molecule has 0 aromatic heterocycles. The first-order chi connectivity index (χ1) is 13.3. The summed E-state index contributed by atoms with van der Waals surface area (Å²) in [7, 11) is -3.92. The van der Waals surface area contributed by atoms with Crippen LogP contribution in [0.3, 0.4) is 0 Å². The van der Waals surface area contributed by atoms with Gasteiger partial charge in [-0.1, -0.05) is 34.8 Å². The Hall–Kier alpha value is -2.05. The van der Waals surface area contributed by atoms with E-state index in [2.05, 4.69) is 4.40 Å². The lowest BCUT2D eigenvalue weighted by molar-refractivity contribution is 0.598. The molecule has 8 heteroatoms.